The lowest BCUT2D eigenvalue weighted by molar-refractivity contribution is -0.121. The molecule has 2 nitrogen and oxygen atoms in total. The third-order valence-electron chi connectivity index (χ3n) is 2.49. The Kier molecular flexibility index (Phi) is 2.35. The van der Waals surface area contributed by atoms with Crippen molar-refractivity contribution in [2.24, 2.45) is 0 Å². The van der Waals surface area contributed by atoms with Gasteiger partial charge in [-0.3, -0.25) is 4.79 Å². The minimum atomic E-state index is 0.0472. The van der Waals surface area contributed by atoms with Crippen molar-refractivity contribution >= 4 is 5.91 Å². The minimum absolute atomic E-state index is 0.0472. The summed E-state index contributed by atoms with van der Waals surface area (Å²) in [4.78, 5) is 13.0. The second-order valence-corrected chi connectivity index (χ2v) is 3.54. The molecule has 1 aliphatic heterocycles. The molecule has 1 amide bonds. The highest BCUT2D eigenvalue weighted by Crippen LogP contribution is 2.21. The molecule has 1 aromatic carbocycles. The molecule has 0 N–H and O–H groups in total. The van der Waals surface area contributed by atoms with Crippen LogP contribution in [0.3, 0.4) is 0 Å². The van der Waals surface area contributed by atoms with E-state index >= 15 is 0 Å². The van der Waals surface area contributed by atoms with Crippen LogP contribution in [-0.4, -0.2) is 23.4 Å². The van der Waals surface area contributed by atoms with E-state index in [0.29, 0.717) is 6.04 Å². The Balaban J connectivity index is 1.91. The first-order valence-electron chi connectivity index (χ1n) is 4.78. The Morgan fingerprint density at radius 1 is 1.50 bits per heavy atom. The van der Waals surface area contributed by atoms with Crippen molar-refractivity contribution in [2.75, 3.05) is 6.54 Å². The van der Waals surface area contributed by atoms with Gasteiger partial charge in [-0.25, -0.2) is 0 Å². The average Bonchev–Trinajstić information content (AvgIpc) is 2.98. The van der Waals surface area contributed by atoms with E-state index in [1.807, 2.05) is 23.1 Å². The number of hydrogen-bond donors (Lipinski definition) is 0. The first kappa shape index (κ1) is 9.00. The highest BCUT2D eigenvalue weighted by atomic mass is 16.2. The summed E-state index contributed by atoms with van der Waals surface area (Å²) in [5.41, 5.74) is 1.29. The van der Waals surface area contributed by atoms with Crippen LogP contribution in [0.1, 0.15) is 5.56 Å². The zero-order valence-electron chi connectivity index (χ0n) is 8.02. The fourth-order valence-corrected chi connectivity index (χ4v) is 1.63. The summed E-state index contributed by atoms with van der Waals surface area (Å²) in [7, 11) is 0. The molecule has 1 unspecified atom stereocenters. The van der Waals surface area contributed by atoms with E-state index < -0.39 is 0 Å². The molecule has 0 aromatic heterocycles. The van der Waals surface area contributed by atoms with Gasteiger partial charge < -0.3 is 4.90 Å². The predicted molar refractivity (Wildman–Crippen MR) is 55.8 cm³/mol. The molecule has 14 heavy (non-hydrogen) atoms. The molecule has 0 bridgehead atoms. The van der Waals surface area contributed by atoms with Gasteiger partial charge in [0.15, 0.2) is 0 Å². The Labute approximate surface area is 83.8 Å². The highest BCUT2D eigenvalue weighted by molar-refractivity contribution is 5.89. The number of carbonyl (C=O) groups is 1. The van der Waals surface area contributed by atoms with Crippen LogP contribution in [0.4, 0.5) is 0 Å². The standard InChI is InChI=1S/C12H13NO/c1-2-12(14)13-9-11(13)8-10-6-4-3-5-7-10/h2-7,11H,1,8-9H2. The van der Waals surface area contributed by atoms with E-state index in [0.717, 1.165) is 13.0 Å². The molecule has 0 spiro atoms. The van der Waals surface area contributed by atoms with Crippen molar-refractivity contribution in [1.82, 2.24) is 4.90 Å². The molecule has 2 heteroatoms. The highest BCUT2D eigenvalue weighted by Gasteiger charge is 2.36. The molecule has 1 atom stereocenters. The monoisotopic (exact) mass is 187 g/mol. The maximum absolute atomic E-state index is 11.2. The van der Waals surface area contributed by atoms with Crippen LogP contribution in [-0.2, 0) is 11.2 Å². The summed E-state index contributed by atoms with van der Waals surface area (Å²) >= 11 is 0. The number of rotatable bonds is 3. The zero-order chi connectivity index (χ0) is 9.97. The number of amides is 1. The van der Waals surface area contributed by atoms with Crippen molar-refractivity contribution in [2.45, 2.75) is 12.5 Å². The van der Waals surface area contributed by atoms with Crippen LogP contribution in [0.15, 0.2) is 43.0 Å². The second kappa shape index (κ2) is 3.66. The fraction of sp³-hybridized carbons (Fsp3) is 0.250. The Hall–Kier alpha value is -1.57. The number of benzene rings is 1. The molecule has 0 aliphatic carbocycles. The maximum Gasteiger partial charge on any atom is 0.246 e. The Bertz CT molecular complexity index is 345. The third kappa shape index (κ3) is 1.84. The minimum Gasteiger partial charge on any atom is -0.332 e. The van der Waals surface area contributed by atoms with E-state index in [4.69, 9.17) is 0 Å². The van der Waals surface area contributed by atoms with Gasteiger partial charge in [0.1, 0.15) is 0 Å². The summed E-state index contributed by atoms with van der Waals surface area (Å²) < 4.78 is 0. The van der Waals surface area contributed by atoms with E-state index in [-0.39, 0.29) is 5.91 Å². The van der Waals surface area contributed by atoms with Crippen molar-refractivity contribution in [1.29, 1.82) is 0 Å². The van der Waals surface area contributed by atoms with Gasteiger partial charge in [0.05, 0.1) is 6.04 Å². The lowest BCUT2D eigenvalue weighted by atomic mass is 10.1. The topological polar surface area (TPSA) is 20.1 Å². The Morgan fingerprint density at radius 2 is 2.21 bits per heavy atom. The van der Waals surface area contributed by atoms with Crippen LogP contribution in [0.25, 0.3) is 0 Å². The molecule has 2 rings (SSSR count). The second-order valence-electron chi connectivity index (χ2n) is 3.54. The van der Waals surface area contributed by atoms with Gasteiger partial charge in [-0.2, -0.15) is 0 Å². The molecule has 72 valence electrons. The van der Waals surface area contributed by atoms with Gasteiger partial charge in [0.25, 0.3) is 0 Å². The molecule has 1 aliphatic rings. The van der Waals surface area contributed by atoms with Crippen LogP contribution in [0.2, 0.25) is 0 Å². The van der Waals surface area contributed by atoms with Crippen LogP contribution in [0.5, 0.6) is 0 Å². The number of nitrogens with zero attached hydrogens (tertiary/aromatic N) is 1. The zero-order valence-corrected chi connectivity index (χ0v) is 8.02. The first-order valence-corrected chi connectivity index (χ1v) is 4.78. The van der Waals surface area contributed by atoms with Gasteiger partial charge in [-0.15, -0.1) is 0 Å². The summed E-state index contributed by atoms with van der Waals surface area (Å²) in [6.45, 7) is 4.35. The lowest BCUT2D eigenvalue weighted by Crippen LogP contribution is -2.11. The normalized spacial score (nSPS) is 19.1. The van der Waals surface area contributed by atoms with E-state index in [1.54, 1.807) is 0 Å². The van der Waals surface area contributed by atoms with E-state index in [9.17, 15) is 4.79 Å². The molecule has 1 saturated heterocycles. The van der Waals surface area contributed by atoms with Crippen LogP contribution >= 0.6 is 0 Å². The summed E-state index contributed by atoms with van der Waals surface area (Å²) in [6.07, 6.45) is 2.34. The van der Waals surface area contributed by atoms with Crippen molar-refractivity contribution in [3.05, 3.63) is 48.6 Å². The fourth-order valence-electron chi connectivity index (χ4n) is 1.63. The van der Waals surface area contributed by atoms with E-state index in [2.05, 4.69) is 18.7 Å². The smallest absolute Gasteiger partial charge is 0.246 e. The SMILES string of the molecule is C=CC(=O)N1CC1Cc1ccccc1. The third-order valence-corrected chi connectivity index (χ3v) is 2.49. The summed E-state index contributed by atoms with van der Waals surface area (Å²) in [6, 6.07) is 10.6. The van der Waals surface area contributed by atoms with Crippen molar-refractivity contribution < 1.29 is 4.79 Å². The number of hydrogen-bond acceptors (Lipinski definition) is 1. The van der Waals surface area contributed by atoms with Gasteiger partial charge >= 0.3 is 0 Å². The van der Waals surface area contributed by atoms with Gasteiger partial charge in [-0.1, -0.05) is 36.9 Å². The Morgan fingerprint density at radius 3 is 2.86 bits per heavy atom. The van der Waals surface area contributed by atoms with Crippen molar-refractivity contribution in [3.63, 3.8) is 0 Å². The van der Waals surface area contributed by atoms with Crippen LogP contribution in [0, 0.1) is 0 Å². The first-order chi connectivity index (χ1) is 6.81. The summed E-state index contributed by atoms with van der Waals surface area (Å²) in [5.74, 6) is 0.0472. The predicted octanol–water partition coefficient (Wildman–Crippen LogP) is 1.63. The molecular formula is C12H13NO. The van der Waals surface area contributed by atoms with Gasteiger partial charge in [-0.05, 0) is 18.1 Å². The summed E-state index contributed by atoms with van der Waals surface area (Å²) in [5, 5.41) is 0. The van der Waals surface area contributed by atoms with Gasteiger partial charge in [0.2, 0.25) is 5.91 Å². The molecule has 1 heterocycles. The lowest BCUT2D eigenvalue weighted by Gasteiger charge is -2.00. The maximum atomic E-state index is 11.2. The average molecular weight is 187 g/mol. The quantitative estimate of drug-likeness (QED) is 0.520. The molecule has 0 saturated carbocycles. The molecular weight excluding hydrogens is 174 g/mol. The van der Waals surface area contributed by atoms with Gasteiger partial charge in [0, 0.05) is 6.54 Å². The molecule has 1 aromatic rings. The largest absolute Gasteiger partial charge is 0.332 e. The van der Waals surface area contributed by atoms with E-state index in [1.165, 1.54) is 11.6 Å². The van der Waals surface area contributed by atoms with Crippen molar-refractivity contribution in [3.8, 4) is 0 Å². The number of carbonyl (C=O) groups excluding carboxylic acids is 1. The molecule has 1 fully saturated rings. The molecule has 0 radical (unpaired) electrons. The van der Waals surface area contributed by atoms with Crippen LogP contribution < -0.4 is 0 Å².